The quantitative estimate of drug-likeness (QED) is 0.483. The largest absolute Gasteiger partial charge is 0.497 e. The number of ether oxygens (including phenoxy) is 1. The van der Waals surface area contributed by atoms with Crippen molar-refractivity contribution in [1.82, 2.24) is 0 Å². The van der Waals surface area contributed by atoms with Gasteiger partial charge in [0.25, 0.3) is 0 Å². The molecule has 0 unspecified atom stereocenters. The van der Waals surface area contributed by atoms with Crippen molar-refractivity contribution in [2.45, 2.75) is 6.61 Å². The number of methoxy groups -OCH3 is 1. The average Bonchev–Trinajstić information content (AvgIpc) is 2.67. The van der Waals surface area contributed by atoms with Gasteiger partial charge in [0.15, 0.2) is 0 Å². The number of hydrogen-bond acceptors (Lipinski definition) is 3. The molecule has 0 aliphatic rings. The van der Waals surface area contributed by atoms with E-state index in [4.69, 9.17) is 9.57 Å². The molecule has 119 valence electrons. The summed E-state index contributed by atoms with van der Waals surface area (Å²) in [6, 6.07) is 26.1. The van der Waals surface area contributed by atoms with Crippen LogP contribution in [0.3, 0.4) is 0 Å². The van der Waals surface area contributed by atoms with Crippen molar-refractivity contribution >= 4 is 6.21 Å². The van der Waals surface area contributed by atoms with Crippen LogP contribution < -0.4 is 4.74 Å². The van der Waals surface area contributed by atoms with Gasteiger partial charge in [0.2, 0.25) is 0 Å². The molecule has 1 radical (unpaired) electrons. The zero-order valence-corrected chi connectivity index (χ0v) is 13.5. The van der Waals surface area contributed by atoms with Gasteiger partial charge in [0.1, 0.15) is 18.6 Å². The van der Waals surface area contributed by atoms with Crippen LogP contribution in [0.5, 0.6) is 5.75 Å². The van der Waals surface area contributed by atoms with E-state index in [1.807, 2.05) is 54.6 Å². The van der Waals surface area contributed by atoms with E-state index in [1.165, 1.54) is 11.1 Å². The second-order valence-corrected chi connectivity index (χ2v) is 5.27. The van der Waals surface area contributed by atoms with Gasteiger partial charge in [-0.2, -0.15) is 0 Å². The van der Waals surface area contributed by atoms with E-state index in [-0.39, 0.29) is 0 Å². The SMILES string of the molecule is COc1cccc(/[C]=N\OCc2ccc(-c3ccccc3)cc2)c1. The summed E-state index contributed by atoms with van der Waals surface area (Å²) in [5.41, 5.74) is 4.26. The maximum atomic E-state index is 5.32. The van der Waals surface area contributed by atoms with Gasteiger partial charge in [-0.1, -0.05) is 71.9 Å². The third kappa shape index (κ3) is 4.23. The Morgan fingerprint density at radius 2 is 1.58 bits per heavy atom. The van der Waals surface area contributed by atoms with Gasteiger partial charge in [-0.15, -0.1) is 0 Å². The summed E-state index contributed by atoms with van der Waals surface area (Å²) in [4.78, 5) is 5.32. The van der Waals surface area contributed by atoms with Crippen LogP contribution in [0.2, 0.25) is 0 Å². The van der Waals surface area contributed by atoms with Crippen molar-refractivity contribution in [2.75, 3.05) is 7.11 Å². The van der Waals surface area contributed by atoms with Gasteiger partial charge in [-0.25, -0.2) is 0 Å². The summed E-state index contributed by atoms with van der Waals surface area (Å²) in [6.07, 6.45) is 2.85. The molecule has 0 aliphatic heterocycles. The second-order valence-electron chi connectivity index (χ2n) is 5.27. The molecule has 3 aromatic carbocycles. The summed E-state index contributed by atoms with van der Waals surface area (Å²) in [7, 11) is 1.63. The molecule has 0 N–H and O–H groups in total. The van der Waals surface area contributed by atoms with E-state index in [0.29, 0.717) is 6.61 Å². The first-order valence-corrected chi connectivity index (χ1v) is 7.71. The molecule has 3 heteroatoms. The van der Waals surface area contributed by atoms with Gasteiger partial charge < -0.3 is 9.57 Å². The smallest absolute Gasteiger partial charge is 0.142 e. The van der Waals surface area contributed by atoms with Crippen LogP contribution >= 0.6 is 0 Å². The molecular formula is C21H18NO2. The predicted molar refractivity (Wildman–Crippen MR) is 96.2 cm³/mol. The van der Waals surface area contributed by atoms with Crippen LogP contribution in [0.15, 0.2) is 84.0 Å². The summed E-state index contributed by atoms with van der Waals surface area (Å²) in [5, 5.41) is 3.89. The van der Waals surface area contributed by atoms with Gasteiger partial charge in [-0.3, -0.25) is 0 Å². The third-order valence-electron chi connectivity index (χ3n) is 3.60. The minimum Gasteiger partial charge on any atom is -0.497 e. The monoisotopic (exact) mass is 316 g/mol. The Morgan fingerprint density at radius 1 is 0.833 bits per heavy atom. The molecule has 0 saturated carbocycles. The maximum Gasteiger partial charge on any atom is 0.142 e. The molecule has 0 amide bonds. The lowest BCUT2D eigenvalue weighted by Gasteiger charge is -2.04. The Bertz CT molecular complexity index is 796. The van der Waals surface area contributed by atoms with E-state index >= 15 is 0 Å². The highest BCUT2D eigenvalue weighted by Gasteiger charge is 1.98. The highest BCUT2D eigenvalue weighted by Crippen LogP contribution is 2.19. The van der Waals surface area contributed by atoms with E-state index in [2.05, 4.69) is 35.6 Å². The van der Waals surface area contributed by atoms with E-state index < -0.39 is 0 Å². The first-order chi connectivity index (χ1) is 11.8. The first kappa shape index (κ1) is 15.8. The summed E-state index contributed by atoms with van der Waals surface area (Å²) < 4.78 is 5.16. The Labute approximate surface area is 142 Å². The number of nitrogens with zero attached hydrogens (tertiary/aromatic N) is 1. The van der Waals surface area contributed by atoms with Crippen LogP contribution in [-0.2, 0) is 11.4 Å². The molecule has 0 heterocycles. The second kappa shape index (κ2) is 7.97. The van der Waals surface area contributed by atoms with E-state index in [9.17, 15) is 0 Å². The summed E-state index contributed by atoms with van der Waals surface area (Å²) >= 11 is 0. The van der Waals surface area contributed by atoms with Crippen LogP contribution in [0.1, 0.15) is 11.1 Å². The lowest BCUT2D eigenvalue weighted by Crippen LogP contribution is -1.89. The topological polar surface area (TPSA) is 30.8 Å². The van der Waals surface area contributed by atoms with E-state index in [0.717, 1.165) is 16.9 Å². The highest BCUT2D eigenvalue weighted by atomic mass is 16.6. The molecule has 0 bridgehead atoms. The highest BCUT2D eigenvalue weighted by molar-refractivity contribution is 5.79. The number of hydrogen-bond donors (Lipinski definition) is 0. The third-order valence-corrected chi connectivity index (χ3v) is 3.60. The molecule has 0 aliphatic carbocycles. The molecule has 0 saturated heterocycles. The fourth-order valence-corrected chi connectivity index (χ4v) is 2.31. The standard InChI is InChI=1S/C21H18NO2/c1-23-21-9-5-6-18(14-21)15-22-24-16-17-10-12-20(13-11-17)19-7-3-2-4-8-19/h2-14H,16H2,1H3. The Balaban J connectivity index is 1.56. The van der Waals surface area contributed by atoms with Crippen LogP contribution in [-0.4, -0.2) is 13.3 Å². The molecule has 3 nitrogen and oxygen atoms in total. The average molecular weight is 316 g/mol. The Morgan fingerprint density at radius 3 is 2.33 bits per heavy atom. The van der Waals surface area contributed by atoms with Gasteiger partial charge in [-0.05, 0) is 28.8 Å². The van der Waals surface area contributed by atoms with Crippen molar-refractivity contribution in [1.29, 1.82) is 0 Å². The van der Waals surface area contributed by atoms with Crippen molar-refractivity contribution in [3.8, 4) is 16.9 Å². The van der Waals surface area contributed by atoms with Crippen molar-refractivity contribution < 1.29 is 9.57 Å². The number of rotatable bonds is 6. The first-order valence-electron chi connectivity index (χ1n) is 7.71. The molecule has 0 spiro atoms. The maximum absolute atomic E-state index is 5.32. The minimum absolute atomic E-state index is 0.409. The van der Waals surface area contributed by atoms with E-state index in [1.54, 1.807) is 7.11 Å². The minimum atomic E-state index is 0.409. The van der Waals surface area contributed by atoms with Crippen LogP contribution in [0.25, 0.3) is 11.1 Å². The number of benzene rings is 3. The summed E-state index contributed by atoms with van der Waals surface area (Å²) in [5.74, 6) is 0.770. The zero-order chi connectivity index (χ0) is 16.6. The van der Waals surface area contributed by atoms with Crippen molar-refractivity contribution in [3.05, 3.63) is 90.0 Å². The Kier molecular flexibility index (Phi) is 5.25. The predicted octanol–water partition coefficient (Wildman–Crippen LogP) is 4.79. The molecule has 24 heavy (non-hydrogen) atoms. The lowest BCUT2D eigenvalue weighted by atomic mass is 10.0. The molecule has 0 atom stereocenters. The fourth-order valence-electron chi connectivity index (χ4n) is 2.31. The Hall–Kier alpha value is -3.07. The molecular weight excluding hydrogens is 298 g/mol. The van der Waals surface area contributed by atoms with Gasteiger partial charge in [0.05, 0.1) is 7.11 Å². The molecule has 3 rings (SSSR count). The zero-order valence-electron chi connectivity index (χ0n) is 13.5. The fraction of sp³-hybridized carbons (Fsp3) is 0.0952. The van der Waals surface area contributed by atoms with Crippen LogP contribution in [0, 0.1) is 0 Å². The molecule has 0 fully saturated rings. The molecule has 0 aromatic heterocycles. The van der Waals surface area contributed by atoms with Gasteiger partial charge >= 0.3 is 0 Å². The van der Waals surface area contributed by atoms with Crippen molar-refractivity contribution in [2.24, 2.45) is 5.16 Å². The molecule has 3 aromatic rings. The van der Waals surface area contributed by atoms with Gasteiger partial charge in [0, 0.05) is 5.56 Å². The van der Waals surface area contributed by atoms with Crippen molar-refractivity contribution in [3.63, 3.8) is 0 Å². The van der Waals surface area contributed by atoms with Crippen LogP contribution in [0.4, 0.5) is 0 Å². The lowest BCUT2D eigenvalue weighted by molar-refractivity contribution is 0.132. The summed E-state index contributed by atoms with van der Waals surface area (Å²) in [6.45, 7) is 0.409. The normalized spacial score (nSPS) is 10.7.